The van der Waals surface area contributed by atoms with Gasteiger partial charge in [0, 0.05) is 6.54 Å². The van der Waals surface area contributed by atoms with Crippen LogP contribution >= 0.6 is 0 Å². The number of hydrogen-bond donors (Lipinski definition) is 0. The van der Waals surface area contributed by atoms with Crippen LogP contribution in [0.4, 0.5) is 0 Å². The van der Waals surface area contributed by atoms with Gasteiger partial charge in [0.15, 0.2) is 5.82 Å². The van der Waals surface area contributed by atoms with Crippen LogP contribution in [0.3, 0.4) is 0 Å². The molecule has 3 aromatic rings. The number of amides is 1. The van der Waals surface area contributed by atoms with Gasteiger partial charge in [0.1, 0.15) is 0 Å². The van der Waals surface area contributed by atoms with Gasteiger partial charge in [-0.3, -0.25) is 4.79 Å². The monoisotopic (exact) mass is 305 g/mol. The maximum Gasteiger partial charge on any atom is 0.256 e. The number of para-hydroxylation sites is 1. The molecule has 6 nitrogen and oxygen atoms in total. The van der Waals surface area contributed by atoms with Gasteiger partial charge in [-0.05, 0) is 35.0 Å². The fraction of sp³-hybridized carbons (Fsp3) is 0.176. The first kappa shape index (κ1) is 13.6. The quantitative estimate of drug-likeness (QED) is 0.729. The Kier molecular flexibility index (Phi) is 3.15. The molecule has 0 radical (unpaired) electrons. The predicted octanol–water partition coefficient (Wildman–Crippen LogP) is 2.38. The number of benzene rings is 2. The third-order valence-electron chi connectivity index (χ3n) is 4.15. The third-order valence-corrected chi connectivity index (χ3v) is 4.15. The lowest BCUT2D eigenvalue weighted by molar-refractivity contribution is 0.0673. The van der Waals surface area contributed by atoms with Gasteiger partial charge < -0.3 is 4.90 Å². The first-order valence-corrected chi connectivity index (χ1v) is 7.48. The van der Waals surface area contributed by atoms with Crippen LogP contribution < -0.4 is 0 Å². The van der Waals surface area contributed by atoms with Crippen molar-refractivity contribution in [2.75, 3.05) is 0 Å². The van der Waals surface area contributed by atoms with E-state index in [9.17, 15) is 4.79 Å². The lowest BCUT2D eigenvalue weighted by Gasteiger charge is -2.26. The molecule has 23 heavy (non-hydrogen) atoms. The van der Waals surface area contributed by atoms with Crippen molar-refractivity contribution in [2.45, 2.75) is 19.5 Å². The Bertz CT molecular complexity index is 858. The number of carbonyl (C=O) groups excluding carboxylic acids is 1. The maximum absolute atomic E-state index is 13.1. The lowest BCUT2D eigenvalue weighted by atomic mass is 10.1. The van der Waals surface area contributed by atoms with Crippen molar-refractivity contribution < 1.29 is 4.79 Å². The van der Waals surface area contributed by atoms with Gasteiger partial charge in [-0.15, -0.1) is 5.10 Å². The van der Waals surface area contributed by atoms with E-state index in [-0.39, 0.29) is 11.9 Å². The first-order valence-electron chi connectivity index (χ1n) is 7.48. The minimum absolute atomic E-state index is 0.0238. The van der Waals surface area contributed by atoms with Crippen molar-refractivity contribution >= 4 is 5.91 Å². The molecule has 1 aliphatic heterocycles. The van der Waals surface area contributed by atoms with Gasteiger partial charge in [0.05, 0.1) is 17.3 Å². The van der Waals surface area contributed by atoms with Crippen molar-refractivity contribution in [1.82, 2.24) is 25.1 Å². The average Bonchev–Trinajstić information content (AvgIpc) is 3.06. The van der Waals surface area contributed by atoms with Crippen LogP contribution in [0.1, 0.15) is 34.7 Å². The second kappa shape index (κ2) is 5.31. The zero-order valence-corrected chi connectivity index (χ0v) is 12.6. The normalized spacial score (nSPS) is 16.7. The largest absolute Gasteiger partial charge is 0.324 e. The highest BCUT2D eigenvalue weighted by atomic mass is 16.2. The molecule has 1 aromatic heterocycles. The van der Waals surface area contributed by atoms with E-state index in [1.54, 1.807) is 4.68 Å². The standard InChI is InChI=1S/C17H15N5O/c1-12-16-18-19-20-22(16)15-10-6-5-9-14(15)17(23)21(12)11-13-7-3-2-4-8-13/h2-10,12H,11H2,1H3. The van der Waals surface area contributed by atoms with E-state index in [1.165, 1.54) is 0 Å². The summed E-state index contributed by atoms with van der Waals surface area (Å²) < 4.78 is 1.66. The summed E-state index contributed by atoms with van der Waals surface area (Å²) >= 11 is 0. The molecule has 1 unspecified atom stereocenters. The van der Waals surface area contributed by atoms with Crippen molar-refractivity contribution in [3.05, 3.63) is 71.5 Å². The van der Waals surface area contributed by atoms with Crippen LogP contribution in [0.25, 0.3) is 5.69 Å². The van der Waals surface area contributed by atoms with Gasteiger partial charge in [-0.2, -0.15) is 4.68 Å². The number of aromatic nitrogens is 4. The summed E-state index contributed by atoms with van der Waals surface area (Å²) in [6.45, 7) is 2.47. The highest BCUT2D eigenvalue weighted by Crippen LogP contribution is 2.30. The zero-order valence-electron chi connectivity index (χ0n) is 12.6. The molecule has 1 aliphatic rings. The smallest absolute Gasteiger partial charge is 0.256 e. The molecule has 0 saturated carbocycles. The van der Waals surface area contributed by atoms with Gasteiger partial charge in [-0.25, -0.2) is 0 Å². The number of hydrogen-bond acceptors (Lipinski definition) is 4. The Morgan fingerprint density at radius 2 is 1.78 bits per heavy atom. The number of fused-ring (bicyclic) bond motifs is 3. The van der Waals surface area contributed by atoms with Gasteiger partial charge in [-0.1, -0.05) is 42.5 Å². The van der Waals surface area contributed by atoms with Crippen LogP contribution in [0, 0.1) is 0 Å². The minimum atomic E-state index is -0.217. The minimum Gasteiger partial charge on any atom is -0.324 e. The van der Waals surface area contributed by atoms with Gasteiger partial charge in [0.2, 0.25) is 0 Å². The van der Waals surface area contributed by atoms with Gasteiger partial charge in [0.25, 0.3) is 5.91 Å². The van der Waals surface area contributed by atoms with E-state index in [1.807, 2.05) is 66.4 Å². The number of tetrazole rings is 1. The lowest BCUT2D eigenvalue weighted by Crippen LogP contribution is -2.32. The van der Waals surface area contributed by atoms with Crippen LogP contribution in [0.2, 0.25) is 0 Å². The van der Waals surface area contributed by atoms with E-state index in [0.717, 1.165) is 11.3 Å². The SMILES string of the molecule is CC1c2nnnn2-c2ccccc2C(=O)N1Cc1ccccc1. The molecule has 0 saturated heterocycles. The molecule has 4 rings (SSSR count). The Balaban J connectivity index is 1.84. The van der Waals surface area contributed by atoms with Crippen molar-refractivity contribution in [3.63, 3.8) is 0 Å². The molecule has 0 bridgehead atoms. The molecule has 0 fully saturated rings. The molecule has 1 atom stereocenters. The van der Waals surface area contributed by atoms with E-state index in [4.69, 9.17) is 0 Å². The molecule has 2 aromatic carbocycles. The Labute approximate surface area is 133 Å². The highest BCUT2D eigenvalue weighted by molar-refractivity contribution is 5.98. The van der Waals surface area contributed by atoms with Crippen LogP contribution in [-0.2, 0) is 6.54 Å². The van der Waals surface area contributed by atoms with E-state index in [2.05, 4.69) is 15.5 Å². The third kappa shape index (κ3) is 2.19. The molecule has 114 valence electrons. The Morgan fingerprint density at radius 3 is 2.61 bits per heavy atom. The number of rotatable bonds is 2. The van der Waals surface area contributed by atoms with Crippen LogP contribution in [0.15, 0.2) is 54.6 Å². The summed E-state index contributed by atoms with van der Waals surface area (Å²) in [5, 5.41) is 12.0. The van der Waals surface area contributed by atoms with Crippen LogP contribution in [-0.4, -0.2) is 31.0 Å². The second-order valence-corrected chi connectivity index (χ2v) is 5.56. The van der Waals surface area contributed by atoms with Crippen molar-refractivity contribution in [1.29, 1.82) is 0 Å². The van der Waals surface area contributed by atoms with E-state index in [0.29, 0.717) is 17.9 Å². The summed E-state index contributed by atoms with van der Waals surface area (Å²) in [6, 6.07) is 17.1. The molecule has 1 amide bonds. The fourth-order valence-corrected chi connectivity index (χ4v) is 2.92. The Hall–Kier alpha value is -3.02. The Morgan fingerprint density at radius 1 is 1.04 bits per heavy atom. The van der Waals surface area contributed by atoms with Crippen LogP contribution in [0.5, 0.6) is 0 Å². The maximum atomic E-state index is 13.1. The summed E-state index contributed by atoms with van der Waals surface area (Å²) in [6.07, 6.45) is 0. The van der Waals surface area contributed by atoms with E-state index >= 15 is 0 Å². The average molecular weight is 305 g/mol. The summed E-state index contributed by atoms with van der Waals surface area (Å²) in [5.41, 5.74) is 2.41. The zero-order chi connectivity index (χ0) is 15.8. The second-order valence-electron chi connectivity index (χ2n) is 5.56. The van der Waals surface area contributed by atoms with Crippen molar-refractivity contribution in [2.24, 2.45) is 0 Å². The molecular weight excluding hydrogens is 290 g/mol. The number of carbonyl (C=O) groups is 1. The molecule has 6 heteroatoms. The molecule has 0 N–H and O–H groups in total. The highest BCUT2D eigenvalue weighted by Gasteiger charge is 2.33. The summed E-state index contributed by atoms with van der Waals surface area (Å²) in [4.78, 5) is 14.9. The molecular formula is C17H15N5O. The number of nitrogens with zero attached hydrogens (tertiary/aromatic N) is 5. The van der Waals surface area contributed by atoms with E-state index < -0.39 is 0 Å². The summed E-state index contributed by atoms with van der Waals surface area (Å²) in [7, 11) is 0. The summed E-state index contributed by atoms with van der Waals surface area (Å²) in [5.74, 6) is 0.642. The van der Waals surface area contributed by atoms with Gasteiger partial charge >= 0.3 is 0 Å². The van der Waals surface area contributed by atoms with Crippen molar-refractivity contribution in [3.8, 4) is 5.69 Å². The molecule has 2 heterocycles. The first-order chi connectivity index (χ1) is 11.3. The molecule has 0 spiro atoms. The topological polar surface area (TPSA) is 63.9 Å². The predicted molar refractivity (Wildman–Crippen MR) is 83.9 cm³/mol. The fourth-order valence-electron chi connectivity index (χ4n) is 2.92. The molecule has 0 aliphatic carbocycles.